The van der Waals surface area contributed by atoms with Crippen molar-refractivity contribution in [2.24, 2.45) is 5.92 Å². The predicted octanol–water partition coefficient (Wildman–Crippen LogP) is 1.78. The summed E-state index contributed by atoms with van der Waals surface area (Å²) in [5.74, 6) is -0.785. The summed E-state index contributed by atoms with van der Waals surface area (Å²) in [6.07, 6.45) is 4.73. The van der Waals surface area contributed by atoms with Gasteiger partial charge >= 0.3 is 5.97 Å². The molecule has 1 aliphatic heterocycles. The van der Waals surface area contributed by atoms with Gasteiger partial charge in [-0.05, 0) is 25.0 Å². The molecule has 2 fully saturated rings. The number of morpholine rings is 1. The molecule has 3 rings (SSSR count). The van der Waals surface area contributed by atoms with Gasteiger partial charge in [0.1, 0.15) is 5.75 Å². The highest BCUT2D eigenvalue weighted by molar-refractivity contribution is 7.89. The number of carbonyl (C=O) groups is 2. The molecule has 0 atom stereocenters. The number of anilines is 1. The van der Waals surface area contributed by atoms with E-state index in [1.807, 2.05) is 0 Å². The number of sulfonamides is 1. The third-order valence-corrected chi connectivity index (χ3v) is 7.23. The van der Waals surface area contributed by atoms with Crippen molar-refractivity contribution in [2.45, 2.75) is 37.0 Å². The van der Waals surface area contributed by atoms with E-state index >= 15 is 0 Å². The summed E-state index contributed by atoms with van der Waals surface area (Å²) < 4.78 is 42.5. The number of benzene rings is 1. The lowest BCUT2D eigenvalue weighted by molar-refractivity contribution is -0.152. The topological polar surface area (TPSA) is 111 Å². The van der Waals surface area contributed by atoms with Crippen molar-refractivity contribution >= 4 is 27.6 Å². The van der Waals surface area contributed by atoms with Crippen molar-refractivity contribution in [1.29, 1.82) is 0 Å². The summed E-state index contributed by atoms with van der Waals surface area (Å²) in [5.41, 5.74) is 0.303. The van der Waals surface area contributed by atoms with Gasteiger partial charge in [0.05, 0.1) is 36.8 Å². The Morgan fingerprint density at radius 3 is 2.53 bits per heavy atom. The molecule has 1 saturated heterocycles. The van der Waals surface area contributed by atoms with Gasteiger partial charge in [-0.15, -0.1) is 0 Å². The number of methoxy groups -OCH3 is 1. The second kappa shape index (κ2) is 10.2. The summed E-state index contributed by atoms with van der Waals surface area (Å²) in [6, 6.07) is 4.25. The van der Waals surface area contributed by atoms with Crippen molar-refractivity contribution in [2.75, 3.05) is 45.3 Å². The van der Waals surface area contributed by atoms with Gasteiger partial charge in [0.15, 0.2) is 6.61 Å². The smallest absolute Gasteiger partial charge is 0.309 e. The highest BCUT2D eigenvalue weighted by Gasteiger charge is 2.27. The molecule has 0 spiro atoms. The molecule has 30 heavy (non-hydrogen) atoms. The zero-order chi connectivity index (χ0) is 21.6. The molecule has 10 heteroatoms. The van der Waals surface area contributed by atoms with E-state index in [0.29, 0.717) is 18.9 Å². The Balaban J connectivity index is 1.61. The van der Waals surface area contributed by atoms with Crippen LogP contribution < -0.4 is 10.1 Å². The maximum Gasteiger partial charge on any atom is 0.309 e. The number of hydrogen-bond acceptors (Lipinski definition) is 7. The van der Waals surface area contributed by atoms with Crippen LogP contribution >= 0.6 is 0 Å². The van der Waals surface area contributed by atoms with Crippen LogP contribution in [0, 0.1) is 5.92 Å². The molecule has 1 saturated carbocycles. The van der Waals surface area contributed by atoms with Gasteiger partial charge in [-0.1, -0.05) is 19.3 Å². The molecule has 0 radical (unpaired) electrons. The molecular formula is C20H28N2O7S. The molecule has 0 aromatic heterocycles. The summed E-state index contributed by atoms with van der Waals surface area (Å²) in [6.45, 7) is 0.880. The van der Waals surface area contributed by atoms with Crippen molar-refractivity contribution in [1.82, 2.24) is 4.31 Å². The van der Waals surface area contributed by atoms with Gasteiger partial charge in [0.25, 0.3) is 5.91 Å². The van der Waals surface area contributed by atoms with E-state index in [-0.39, 0.29) is 35.6 Å². The van der Waals surface area contributed by atoms with Gasteiger partial charge in [-0.2, -0.15) is 4.31 Å². The maximum atomic E-state index is 12.8. The molecule has 1 N–H and O–H groups in total. The van der Waals surface area contributed by atoms with Gasteiger partial charge in [-0.3, -0.25) is 9.59 Å². The van der Waals surface area contributed by atoms with E-state index < -0.39 is 22.5 Å². The number of rotatable bonds is 7. The van der Waals surface area contributed by atoms with Crippen molar-refractivity contribution in [3.8, 4) is 5.75 Å². The first kappa shape index (κ1) is 22.5. The zero-order valence-corrected chi connectivity index (χ0v) is 17.9. The molecule has 1 aromatic carbocycles. The minimum Gasteiger partial charge on any atom is -0.495 e. The molecule has 1 aliphatic carbocycles. The van der Waals surface area contributed by atoms with Crippen LogP contribution in [0.25, 0.3) is 0 Å². The van der Waals surface area contributed by atoms with Crippen LogP contribution in [0.5, 0.6) is 5.75 Å². The quantitative estimate of drug-likeness (QED) is 0.643. The number of amides is 1. The van der Waals surface area contributed by atoms with Crippen LogP contribution in [0.3, 0.4) is 0 Å². The summed E-state index contributed by atoms with van der Waals surface area (Å²) in [7, 11) is -2.29. The van der Waals surface area contributed by atoms with Gasteiger partial charge < -0.3 is 19.5 Å². The number of nitrogens with one attached hydrogen (secondary N) is 1. The summed E-state index contributed by atoms with van der Waals surface area (Å²) >= 11 is 0. The third-order valence-electron chi connectivity index (χ3n) is 5.34. The van der Waals surface area contributed by atoms with E-state index in [1.54, 1.807) is 0 Å². The Hall–Kier alpha value is -2.17. The Morgan fingerprint density at radius 1 is 1.17 bits per heavy atom. The number of hydrogen-bond donors (Lipinski definition) is 1. The molecule has 9 nitrogen and oxygen atoms in total. The number of esters is 1. The summed E-state index contributed by atoms with van der Waals surface area (Å²) in [4.78, 5) is 24.4. The molecule has 0 bridgehead atoms. The Labute approximate surface area is 176 Å². The second-order valence-electron chi connectivity index (χ2n) is 7.37. The van der Waals surface area contributed by atoms with E-state index in [4.69, 9.17) is 14.2 Å². The molecule has 1 amide bonds. The van der Waals surface area contributed by atoms with Crippen LogP contribution in [0.4, 0.5) is 5.69 Å². The summed E-state index contributed by atoms with van der Waals surface area (Å²) in [5, 5.41) is 2.61. The highest BCUT2D eigenvalue weighted by atomic mass is 32.2. The van der Waals surface area contributed by atoms with Gasteiger partial charge in [-0.25, -0.2) is 8.42 Å². The number of ether oxygens (including phenoxy) is 3. The lowest BCUT2D eigenvalue weighted by atomic mass is 9.89. The van der Waals surface area contributed by atoms with Crippen molar-refractivity contribution < 1.29 is 32.2 Å². The normalized spacial score (nSPS) is 18.6. The van der Waals surface area contributed by atoms with Crippen molar-refractivity contribution in [3.05, 3.63) is 18.2 Å². The first-order valence-corrected chi connectivity index (χ1v) is 11.6. The predicted molar refractivity (Wildman–Crippen MR) is 109 cm³/mol. The van der Waals surface area contributed by atoms with Crippen LogP contribution in [-0.4, -0.2) is 64.6 Å². The van der Waals surface area contributed by atoms with Crippen LogP contribution in [0.2, 0.25) is 0 Å². The van der Waals surface area contributed by atoms with Crippen molar-refractivity contribution in [3.63, 3.8) is 0 Å². The SMILES string of the molecule is COc1cc(S(=O)(=O)N2CCOCC2)ccc1NC(=O)COC(=O)C1CCCCC1. The standard InChI is InChI=1S/C20H28N2O7S/c1-27-18-13-16(30(25,26)22-9-11-28-12-10-22)7-8-17(18)21-19(23)14-29-20(24)15-5-3-2-4-6-15/h7-8,13,15H,2-6,9-12,14H2,1H3,(H,21,23). The first-order chi connectivity index (χ1) is 14.4. The molecule has 166 valence electrons. The Kier molecular flexibility index (Phi) is 7.68. The molecular weight excluding hydrogens is 412 g/mol. The minimum atomic E-state index is -3.68. The minimum absolute atomic E-state index is 0.0722. The Morgan fingerprint density at radius 2 is 1.87 bits per heavy atom. The largest absolute Gasteiger partial charge is 0.495 e. The zero-order valence-electron chi connectivity index (χ0n) is 17.1. The Bertz CT molecular complexity index is 860. The number of nitrogens with zero attached hydrogens (tertiary/aromatic N) is 1. The van der Waals surface area contributed by atoms with E-state index in [9.17, 15) is 18.0 Å². The fraction of sp³-hybridized carbons (Fsp3) is 0.600. The lowest BCUT2D eigenvalue weighted by Gasteiger charge is -2.26. The average molecular weight is 441 g/mol. The highest BCUT2D eigenvalue weighted by Crippen LogP contribution is 2.29. The second-order valence-corrected chi connectivity index (χ2v) is 9.31. The number of carbonyl (C=O) groups excluding carboxylic acids is 2. The average Bonchev–Trinajstić information content (AvgIpc) is 2.78. The fourth-order valence-corrected chi connectivity index (χ4v) is 5.07. The first-order valence-electron chi connectivity index (χ1n) is 10.1. The van der Waals surface area contributed by atoms with E-state index in [0.717, 1.165) is 32.1 Å². The molecule has 1 aromatic rings. The van der Waals surface area contributed by atoms with Gasteiger partial charge in [0, 0.05) is 19.2 Å². The van der Waals surface area contributed by atoms with Crippen LogP contribution in [0.15, 0.2) is 23.1 Å². The molecule has 2 aliphatic rings. The third kappa shape index (κ3) is 5.50. The van der Waals surface area contributed by atoms with Crippen LogP contribution in [-0.2, 0) is 29.1 Å². The van der Waals surface area contributed by atoms with Crippen LogP contribution in [0.1, 0.15) is 32.1 Å². The molecule has 0 unspecified atom stereocenters. The van der Waals surface area contributed by atoms with Gasteiger partial charge in [0.2, 0.25) is 10.0 Å². The van der Waals surface area contributed by atoms with E-state index in [1.165, 1.54) is 29.6 Å². The monoisotopic (exact) mass is 440 g/mol. The lowest BCUT2D eigenvalue weighted by Crippen LogP contribution is -2.40. The molecule has 1 heterocycles. The maximum absolute atomic E-state index is 12.8. The van der Waals surface area contributed by atoms with E-state index in [2.05, 4.69) is 5.32 Å². The fourth-order valence-electron chi connectivity index (χ4n) is 3.65.